The van der Waals surface area contributed by atoms with Gasteiger partial charge in [-0.05, 0) is 55.7 Å². The van der Waals surface area contributed by atoms with Gasteiger partial charge in [-0.3, -0.25) is 0 Å². The minimum Gasteiger partial charge on any atom is -0.309 e. The molecule has 1 saturated carbocycles. The van der Waals surface area contributed by atoms with E-state index in [2.05, 4.69) is 0 Å². The highest BCUT2D eigenvalue weighted by atomic mass is 19.4. The standard InChI is InChI=1S/C20H20F3N/c1-24(2)12-11-18(20(21,22)23)13-19(18)16-9-5-3-7-14(16)15-8-4-6-10-17(15)19/h3-10H,11-13H2,1-2H3. The molecule has 4 heteroatoms. The second kappa shape index (κ2) is 4.85. The van der Waals surface area contributed by atoms with Crippen LogP contribution >= 0.6 is 0 Å². The Morgan fingerprint density at radius 1 is 0.917 bits per heavy atom. The molecule has 2 aromatic carbocycles. The lowest BCUT2D eigenvalue weighted by Gasteiger charge is -2.28. The van der Waals surface area contributed by atoms with Crippen molar-refractivity contribution in [3.05, 3.63) is 59.7 Å². The number of alkyl halides is 3. The van der Waals surface area contributed by atoms with Crippen molar-refractivity contribution in [3.8, 4) is 11.1 Å². The minimum atomic E-state index is -4.21. The largest absolute Gasteiger partial charge is 0.395 e. The monoisotopic (exact) mass is 331 g/mol. The molecule has 1 spiro atoms. The molecule has 4 rings (SSSR count). The number of rotatable bonds is 3. The number of hydrogen-bond acceptors (Lipinski definition) is 1. The van der Waals surface area contributed by atoms with Crippen LogP contribution < -0.4 is 0 Å². The normalized spacial score (nSPS) is 23.4. The summed E-state index contributed by atoms with van der Waals surface area (Å²) in [7, 11) is 3.66. The third-order valence-corrected chi connectivity index (χ3v) is 5.85. The first-order valence-electron chi connectivity index (χ1n) is 8.24. The highest BCUT2D eigenvalue weighted by molar-refractivity contribution is 5.84. The van der Waals surface area contributed by atoms with Crippen molar-refractivity contribution in [2.45, 2.75) is 24.4 Å². The Labute approximate surface area is 140 Å². The van der Waals surface area contributed by atoms with Gasteiger partial charge in [-0.15, -0.1) is 0 Å². The van der Waals surface area contributed by atoms with Gasteiger partial charge in [0.1, 0.15) is 0 Å². The summed E-state index contributed by atoms with van der Waals surface area (Å²) in [5.74, 6) is 0. The Kier molecular flexibility index (Phi) is 3.17. The van der Waals surface area contributed by atoms with E-state index in [1.807, 2.05) is 67.5 Å². The lowest BCUT2D eigenvalue weighted by Crippen LogP contribution is -2.35. The van der Waals surface area contributed by atoms with Crippen molar-refractivity contribution in [1.82, 2.24) is 4.90 Å². The van der Waals surface area contributed by atoms with Gasteiger partial charge in [-0.2, -0.15) is 13.2 Å². The Bertz CT molecular complexity index is 748. The molecule has 2 aliphatic carbocycles. The molecule has 0 bridgehead atoms. The van der Waals surface area contributed by atoms with Crippen molar-refractivity contribution in [2.24, 2.45) is 5.41 Å². The third kappa shape index (κ3) is 1.80. The summed E-state index contributed by atoms with van der Waals surface area (Å²) in [6, 6.07) is 15.2. The molecule has 0 radical (unpaired) electrons. The molecule has 0 heterocycles. The molecular weight excluding hydrogens is 311 g/mol. The third-order valence-electron chi connectivity index (χ3n) is 5.85. The first kappa shape index (κ1) is 15.7. The lowest BCUT2D eigenvalue weighted by atomic mass is 9.81. The van der Waals surface area contributed by atoms with Crippen molar-refractivity contribution in [1.29, 1.82) is 0 Å². The van der Waals surface area contributed by atoms with Gasteiger partial charge in [0.05, 0.1) is 5.41 Å². The fraction of sp³-hybridized carbons (Fsp3) is 0.400. The van der Waals surface area contributed by atoms with Crippen LogP contribution in [0.25, 0.3) is 11.1 Å². The van der Waals surface area contributed by atoms with Gasteiger partial charge < -0.3 is 4.90 Å². The van der Waals surface area contributed by atoms with E-state index in [-0.39, 0.29) is 12.8 Å². The number of benzene rings is 2. The smallest absolute Gasteiger partial charge is 0.309 e. The van der Waals surface area contributed by atoms with Crippen LogP contribution in [0.5, 0.6) is 0 Å². The van der Waals surface area contributed by atoms with Gasteiger partial charge in [-0.1, -0.05) is 48.5 Å². The summed E-state index contributed by atoms with van der Waals surface area (Å²) in [5.41, 5.74) is 1.05. The van der Waals surface area contributed by atoms with E-state index in [0.717, 1.165) is 22.3 Å². The molecule has 0 saturated heterocycles. The molecule has 0 N–H and O–H groups in total. The fourth-order valence-electron chi connectivity index (χ4n) is 4.64. The maximum atomic E-state index is 14.2. The highest BCUT2D eigenvalue weighted by Crippen LogP contribution is 2.79. The number of nitrogens with zero attached hydrogens (tertiary/aromatic N) is 1. The molecule has 1 fully saturated rings. The zero-order valence-electron chi connectivity index (χ0n) is 13.8. The van der Waals surface area contributed by atoms with E-state index in [4.69, 9.17) is 0 Å². The molecular formula is C20H20F3N. The van der Waals surface area contributed by atoms with Crippen molar-refractivity contribution in [2.75, 3.05) is 20.6 Å². The zero-order valence-corrected chi connectivity index (χ0v) is 13.8. The zero-order chi connectivity index (χ0) is 17.2. The average Bonchev–Trinajstić information content (AvgIpc) is 3.16. The summed E-state index contributed by atoms with van der Waals surface area (Å²) < 4.78 is 42.6. The van der Waals surface area contributed by atoms with E-state index in [0.29, 0.717) is 6.54 Å². The summed E-state index contributed by atoms with van der Waals surface area (Å²) in [4.78, 5) is 1.84. The van der Waals surface area contributed by atoms with Crippen LogP contribution in [0.3, 0.4) is 0 Å². The Hall–Kier alpha value is -1.81. The second-order valence-corrected chi connectivity index (χ2v) is 7.31. The van der Waals surface area contributed by atoms with Crippen LogP contribution in [0.15, 0.2) is 48.5 Å². The van der Waals surface area contributed by atoms with Crippen LogP contribution in [-0.4, -0.2) is 31.7 Å². The van der Waals surface area contributed by atoms with Crippen LogP contribution in [0.1, 0.15) is 24.0 Å². The topological polar surface area (TPSA) is 3.24 Å². The summed E-state index contributed by atoms with van der Waals surface area (Å²) >= 11 is 0. The predicted octanol–water partition coefficient (Wildman–Crippen LogP) is 4.86. The minimum absolute atomic E-state index is 0.131. The van der Waals surface area contributed by atoms with E-state index < -0.39 is 17.0 Å². The van der Waals surface area contributed by atoms with E-state index in [9.17, 15) is 13.2 Å². The summed E-state index contributed by atoms with van der Waals surface area (Å²) in [6.07, 6.45) is -3.93. The average molecular weight is 331 g/mol. The Morgan fingerprint density at radius 2 is 1.42 bits per heavy atom. The van der Waals surface area contributed by atoms with E-state index >= 15 is 0 Å². The maximum absolute atomic E-state index is 14.2. The predicted molar refractivity (Wildman–Crippen MR) is 88.9 cm³/mol. The molecule has 2 aliphatic rings. The van der Waals surface area contributed by atoms with Crippen molar-refractivity contribution >= 4 is 0 Å². The first-order valence-corrected chi connectivity index (χ1v) is 8.24. The van der Waals surface area contributed by atoms with Crippen LogP contribution in [0, 0.1) is 5.41 Å². The molecule has 1 nitrogen and oxygen atoms in total. The summed E-state index contributed by atoms with van der Waals surface area (Å²) in [5, 5.41) is 0. The van der Waals surface area contributed by atoms with Crippen molar-refractivity contribution in [3.63, 3.8) is 0 Å². The van der Waals surface area contributed by atoms with E-state index in [1.54, 1.807) is 0 Å². The van der Waals surface area contributed by atoms with Crippen LogP contribution in [-0.2, 0) is 5.41 Å². The van der Waals surface area contributed by atoms with E-state index in [1.165, 1.54) is 0 Å². The molecule has 2 aromatic rings. The molecule has 0 aromatic heterocycles. The quantitative estimate of drug-likeness (QED) is 0.776. The van der Waals surface area contributed by atoms with Gasteiger partial charge >= 0.3 is 6.18 Å². The Balaban J connectivity index is 1.92. The van der Waals surface area contributed by atoms with Gasteiger partial charge in [0, 0.05) is 5.41 Å². The molecule has 0 amide bonds. The molecule has 24 heavy (non-hydrogen) atoms. The molecule has 0 aliphatic heterocycles. The van der Waals surface area contributed by atoms with Gasteiger partial charge in [0.15, 0.2) is 0 Å². The number of fused-ring (bicyclic) bond motifs is 5. The van der Waals surface area contributed by atoms with Crippen LogP contribution in [0.2, 0.25) is 0 Å². The highest BCUT2D eigenvalue weighted by Gasteiger charge is 2.81. The number of halogens is 3. The van der Waals surface area contributed by atoms with Gasteiger partial charge in [0.25, 0.3) is 0 Å². The van der Waals surface area contributed by atoms with Gasteiger partial charge in [0.2, 0.25) is 0 Å². The Morgan fingerprint density at radius 3 is 1.88 bits per heavy atom. The fourth-order valence-corrected chi connectivity index (χ4v) is 4.64. The van der Waals surface area contributed by atoms with Crippen LogP contribution in [0.4, 0.5) is 13.2 Å². The molecule has 126 valence electrons. The van der Waals surface area contributed by atoms with Gasteiger partial charge in [-0.25, -0.2) is 0 Å². The number of hydrogen-bond donors (Lipinski definition) is 0. The first-order chi connectivity index (χ1) is 11.3. The van der Waals surface area contributed by atoms with Crippen molar-refractivity contribution < 1.29 is 13.2 Å². The molecule has 1 unspecified atom stereocenters. The maximum Gasteiger partial charge on any atom is 0.395 e. The lowest BCUT2D eigenvalue weighted by molar-refractivity contribution is -0.195. The molecule has 1 atom stereocenters. The summed E-state index contributed by atoms with van der Waals surface area (Å²) in [6.45, 7) is 0.436. The SMILES string of the molecule is CN(C)CCC1(C(F)(F)F)CC12c1ccccc1-c1ccccc12. The second-order valence-electron chi connectivity index (χ2n) is 7.31.